The van der Waals surface area contributed by atoms with Crippen LogP contribution in [0, 0.1) is 0 Å². The van der Waals surface area contributed by atoms with Crippen molar-refractivity contribution in [1.82, 2.24) is 0 Å². The molecule has 0 N–H and O–H groups in total. The van der Waals surface area contributed by atoms with Crippen LogP contribution in [0.3, 0.4) is 0 Å². The fourth-order valence-corrected chi connectivity index (χ4v) is 2.58. The van der Waals surface area contributed by atoms with Crippen LogP contribution in [0.1, 0.15) is 0 Å². The SMILES string of the molecule is O=C1O[C@H]2CS(=O)C[C@@H]2O1. The molecule has 2 aliphatic heterocycles. The van der Waals surface area contributed by atoms with Crippen LogP contribution in [0.15, 0.2) is 0 Å². The van der Waals surface area contributed by atoms with E-state index in [1.807, 2.05) is 0 Å². The van der Waals surface area contributed by atoms with E-state index in [1.165, 1.54) is 0 Å². The molecule has 10 heavy (non-hydrogen) atoms. The van der Waals surface area contributed by atoms with Gasteiger partial charge in [-0.1, -0.05) is 0 Å². The summed E-state index contributed by atoms with van der Waals surface area (Å²) in [7, 11) is -0.849. The van der Waals surface area contributed by atoms with Gasteiger partial charge >= 0.3 is 6.16 Å². The summed E-state index contributed by atoms with van der Waals surface area (Å²) in [6, 6.07) is 0. The van der Waals surface area contributed by atoms with Crippen LogP contribution in [0.25, 0.3) is 0 Å². The van der Waals surface area contributed by atoms with Gasteiger partial charge in [-0.05, 0) is 0 Å². The van der Waals surface area contributed by atoms with Crippen molar-refractivity contribution in [1.29, 1.82) is 0 Å². The van der Waals surface area contributed by atoms with Crippen LogP contribution in [-0.4, -0.2) is 34.1 Å². The number of carbonyl (C=O) groups is 1. The highest BCUT2D eigenvalue weighted by Crippen LogP contribution is 2.22. The minimum absolute atomic E-state index is 0.242. The zero-order chi connectivity index (χ0) is 7.14. The lowest BCUT2D eigenvalue weighted by Gasteiger charge is -1.98. The minimum atomic E-state index is -0.849. The topological polar surface area (TPSA) is 52.6 Å². The van der Waals surface area contributed by atoms with Gasteiger partial charge in [0.1, 0.15) is 0 Å². The third-order valence-electron chi connectivity index (χ3n) is 1.61. The number of carbonyl (C=O) groups excluding carboxylic acids is 1. The summed E-state index contributed by atoms with van der Waals surface area (Å²) < 4.78 is 20.2. The fourth-order valence-electron chi connectivity index (χ4n) is 1.14. The van der Waals surface area contributed by atoms with Gasteiger partial charge in [-0.25, -0.2) is 4.79 Å². The van der Waals surface area contributed by atoms with Crippen LogP contribution >= 0.6 is 0 Å². The largest absolute Gasteiger partial charge is 0.509 e. The molecule has 0 unspecified atom stereocenters. The first-order valence-corrected chi connectivity index (χ1v) is 4.47. The molecule has 5 heteroatoms. The summed E-state index contributed by atoms with van der Waals surface area (Å²) in [4.78, 5) is 10.4. The molecule has 2 atom stereocenters. The lowest BCUT2D eigenvalue weighted by atomic mass is 10.3. The van der Waals surface area contributed by atoms with Gasteiger partial charge in [0.25, 0.3) is 0 Å². The molecule has 0 aromatic rings. The number of hydrogen-bond donors (Lipinski definition) is 0. The highest BCUT2D eigenvalue weighted by molar-refractivity contribution is 7.85. The highest BCUT2D eigenvalue weighted by Gasteiger charge is 2.43. The Balaban J connectivity index is 2.12. The number of fused-ring (bicyclic) bond motifs is 1. The number of hydrogen-bond acceptors (Lipinski definition) is 4. The van der Waals surface area contributed by atoms with Gasteiger partial charge < -0.3 is 9.47 Å². The highest BCUT2D eigenvalue weighted by atomic mass is 32.2. The lowest BCUT2D eigenvalue weighted by Crippen LogP contribution is -2.18. The molecule has 2 aliphatic rings. The van der Waals surface area contributed by atoms with Crippen LogP contribution in [0.4, 0.5) is 4.79 Å². The first-order chi connectivity index (χ1) is 4.75. The standard InChI is InChI=1S/C5H6O4S/c6-5-8-3-1-10(7)2-4(3)9-5/h3-4H,1-2H2/t3-,4-/m0/s1. The van der Waals surface area contributed by atoms with Crippen molar-refractivity contribution in [3.63, 3.8) is 0 Å². The predicted molar refractivity (Wildman–Crippen MR) is 33.0 cm³/mol. The summed E-state index contributed by atoms with van der Waals surface area (Å²) in [5.74, 6) is 0.882. The van der Waals surface area contributed by atoms with Gasteiger partial charge in [-0.3, -0.25) is 4.21 Å². The molecule has 2 rings (SSSR count). The Kier molecular flexibility index (Phi) is 1.20. The van der Waals surface area contributed by atoms with Gasteiger partial charge in [0.05, 0.1) is 11.5 Å². The molecular formula is C5H6O4S. The van der Waals surface area contributed by atoms with Crippen LogP contribution in [-0.2, 0) is 20.3 Å². The summed E-state index contributed by atoms with van der Waals surface area (Å²) in [6.07, 6.45) is -1.10. The van der Waals surface area contributed by atoms with E-state index in [9.17, 15) is 9.00 Å². The van der Waals surface area contributed by atoms with Crippen LogP contribution in [0.2, 0.25) is 0 Å². The molecular weight excluding hydrogens is 156 g/mol. The smallest absolute Gasteiger partial charge is 0.426 e. The fraction of sp³-hybridized carbons (Fsp3) is 0.800. The van der Waals surface area contributed by atoms with Gasteiger partial charge in [-0.2, -0.15) is 0 Å². The Morgan fingerprint density at radius 1 is 1.30 bits per heavy atom. The van der Waals surface area contributed by atoms with Gasteiger partial charge in [0.15, 0.2) is 12.2 Å². The van der Waals surface area contributed by atoms with Crippen LogP contribution in [0.5, 0.6) is 0 Å². The predicted octanol–water partition coefficient (Wildman–Crippen LogP) is -0.347. The quantitative estimate of drug-likeness (QED) is 0.457. The number of rotatable bonds is 0. The molecule has 2 saturated heterocycles. The van der Waals surface area contributed by atoms with Crippen molar-refractivity contribution < 1.29 is 18.5 Å². The zero-order valence-electron chi connectivity index (χ0n) is 5.11. The molecule has 0 amide bonds. The van der Waals surface area contributed by atoms with E-state index in [4.69, 9.17) is 9.47 Å². The summed E-state index contributed by atoms with van der Waals surface area (Å²) >= 11 is 0. The van der Waals surface area contributed by atoms with Crippen molar-refractivity contribution in [2.24, 2.45) is 0 Å². The Morgan fingerprint density at radius 3 is 2.30 bits per heavy atom. The van der Waals surface area contributed by atoms with E-state index < -0.39 is 17.0 Å². The molecule has 0 radical (unpaired) electrons. The third kappa shape index (κ3) is 0.811. The van der Waals surface area contributed by atoms with E-state index in [0.717, 1.165) is 0 Å². The second-order valence-electron chi connectivity index (χ2n) is 2.34. The van der Waals surface area contributed by atoms with Crippen molar-refractivity contribution in [2.75, 3.05) is 11.5 Å². The first-order valence-electron chi connectivity index (χ1n) is 2.98. The maximum atomic E-state index is 10.8. The molecule has 0 aliphatic carbocycles. The van der Waals surface area contributed by atoms with Gasteiger partial charge in [-0.15, -0.1) is 0 Å². The molecule has 0 aromatic heterocycles. The van der Waals surface area contributed by atoms with Gasteiger partial charge in [0, 0.05) is 10.8 Å². The third-order valence-corrected chi connectivity index (χ3v) is 3.01. The molecule has 0 bridgehead atoms. The molecule has 0 saturated carbocycles. The summed E-state index contributed by atoms with van der Waals surface area (Å²) in [5, 5.41) is 0. The molecule has 4 nitrogen and oxygen atoms in total. The maximum absolute atomic E-state index is 10.8. The monoisotopic (exact) mass is 162 g/mol. The minimum Gasteiger partial charge on any atom is -0.426 e. The zero-order valence-corrected chi connectivity index (χ0v) is 5.93. The average Bonchev–Trinajstić information content (AvgIpc) is 2.21. The second-order valence-corrected chi connectivity index (χ2v) is 3.88. The Bertz CT molecular complexity index is 164. The average molecular weight is 162 g/mol. The summed E-state index contributed by atoms with van der Waals surface area (Å²) in [6.45, 7) is 0. The van der Waals surface area contributed by atoms with E-state index in [1.54, 1.807) is 0 Å². The first kappa shape index (κ1) is 6.15. The summed E-state index contributed by atoms with van der Waals surface area (Å²) in [5.41, 5.74) is 0. The molecule has 2 fully saturated rings. The normalized spacial score (nSPS) is 39.0. The second kappa shape index (κ2) is 1.95. The van der Waals surface area contributed by atoms with E-state index >= 15 is 0 Å². The lowest BCUT2D eigenvalue weighted by molar-refractivity contribution is 0.118. The maximum Gasteiger partial charge on any atom is 0.509 e. The van der Waals surface area contributed by atoms with Gasteiger partial charge in [0.2, 0.25) is 0 Å². The van der Waals surface area contributed by atoms with Crippen molar-refractivity contribution in [3.8, 4) is 0 Å². The molecule has 0 spiro atoms. The molecule has 56 valence electrons. The number of ether oxygens (including phenoxy) is 2. The van der Waals surface area contributed by atoms with E-state index in [2.05, 4.69) is 0 Å². The van der Waals surface area contributed by atoms with E-state index in [-0.39, 0.29) is 12.2 Å². The van der Waals surface area contributed by atoms with Crippen LogP contribution < -0.4 is 0 Å². The molecule has 2 heterocycles. The van der Waals surface area contributed by atoms with Crippen molar-refractivity contribution in [2.45, 2.75) is 12.2 Å². The Hall–Kier alpha value is -0.580. The Morgan fingerprint density at radius 2 is 1.80 bits per heavy atom. The Labute approximate surface area is 60.0 Å². The van der Waals surface area contributed by atoms with Crippen molar-refractivity contribution in [3.05, 3.63) is 0 Å². The molecule has 0 aromatic carbocycles. The van der Waals surface area contributed by atoms with E-state index in [0.29, 0.717) is 11.5 Å². The van der Waals surface area contributed by atoms with Crippen molar-refractivity contribution >= 4 is 17.0 Å².